The van der Waals surface area contributed by atoms with Crippen molar-refractivity contribution in [2.24, 2.45) is 0 Å². The molecule has 0 bridgehead atoms. The molecule has 32 heavy (non-hydrogen) atoms. The van der Waals surface area contributed by atoms with Gasteiger partial charge in [0.15, 0.2) is 23.0 Å². The van der Waals surface area contributed by atoms with Crippen molar-refractivity contribution in [3.63, 3.8) is 0 Å². The first-order valence-electron chi connectivity index (χ1n) is 11.0. The number of piperazine rings is 1. The van der Waals surface area contributed by atoms with Gasteiger partial charge in [0.25, 0.3) is 0 Å². The van der Waals surface area contributed by atoms with Crippen LogP contribution in [-0.2, 0) is 13.0 Å². The number of benzene rings is 2. The first-order valence-corrected chi connectivity index (χ1v) is 11.0. The molecule has 3 heterocycles. The van der Waals surface area contributed by atoms with Crippen LogP contribution in [-0.4, -0.2) is 64.9 Å². The van der Waals surface area contributed by atoms with E-state index in [4.69, 9.17) is 14.5 Å². The summed E-state index contributed by atoms with van der Waals surface area (Å²) in [5.74, 6) is 3.20. The Morgan fingerprint density at radius 1 is 0.875 bits per heavy atom. The zero-order chi connectivity index (χ0) is 22.1. The van der Waals surface area contributed by atoms with Crippen molar-refractivity contribution in [1.82, 2.24) is 24.5 Å². The van der Waals surface area contributed by atoms with E-state index in [1.165, 1.54) is 5.69 Å². The summed E-state index contributed by atoms with van der Waals surface area (Å²) in [6, 6.07) is 14.4. The van der Waals surface area contributed by atoms with Crippen LogP contribution in [0.1, 0.15) is 18.6 Å². The zero-order valence-electron chi connectivity index (χ0n) is 18.8. The molecule has 0 radical (unpaired) electrons. The number of hydrogen-bond acceptors (Lipinski definition) is 7. The Morgan fingerprint density at radius 2 is 1.59 bits per heavy atom. The van der Waals surface area contributed by atoms with Crippen LogP contribution in [0.2, 0.25) is 0 Å². The molecule has 1 fully saturated rings. The maximum atomic E-state index is 5.50. The molecule has 4 aromatic rings. The quantitative estimate of drug-likeness (QED) is 0.464. The van der Waals surface area contributed by atoms with Crippen LogP contribution in [0.3, 0.4) is 0 Å². The fraction of sp³-hybridized carbons (Fsp3) is 0.375. The highest BCUT2D eigenvalue weighted by molar-refractivity contribution is 5.93. The average Bonchev–Trinajstić information content (AvgIpc) is 3.27. The van der Waals surface area contributed by atoms with E-state index in [0.29, 0.717) is 11.5 Å². The molecule has 2 aromatic heterocycles. The third-order valence-corrected chi connectivity index (χ3v) is 6.16. The summed E-state index contributed by atoms with van der Waals surface area (Å²) in [5, 5.41) is 10.0. The van der Waals surface area contributed by atoms with Crippen LogP contribution in [0.4, 0.5) is 5.69 Å². The van der Waals surface area contributed by atoms with Gasteiger partial charge in [0.05, 0.1) is 26.3 Å². The van der Waals surface area contributed by atoms with Crippen molar-refractivity contribution in [3.8, 4) is 11.5 Å². The Balaban J connectivity index is 1.44. The molecule has 1 aliphatic heterocycles. The van der Waals surface area contributed by atoms with Crippen molar-refractivity contribution in [3.05, 3.63) is 54.1 Å². The van der Waals surface area contributed by atoms with Gasteiger partial charge in [-0.1, -0.05) is 25.1 Å². The van der Waals surface area contributed by atoms with Crippen LogP contribution in [0, 0.1) is 0 Å². The fourth-order valence-corrected chi connectivity index (χ4v) is 4.43. The number of aryl methyl sites for hydroxylation is 1. The molecule has 0 spiro atoms. The predicted molar refractivity (Wildman–Crippen MR) is 125 cm³/mol. The van der Waals surface area contributed by atoms with Crippen molar-refractivity contribution in [2.75, 3.05) is 45.3 Å². The van der Waals surface area contributed by atoms with Gasteiger partial charge in [0.2, 0.25) is 0 Å². The summed E-state index contributed by atoms with van der Waals surface area (Å²) in [7, 11) is 3.27. The summed E-state index contributed by atoms with van der Waals surface area (Å²) in [4.78, 5) is 9.78. The summed E-state index contributed by atoms with van der Waals surface area (Å²) in [6.45, 7) is 6.82. The molecule has 5 rings (SSSR count). The predicted octanol–water partition coefficient (Wildman–Crippen LogP) is 3.18. The molecule has 0 saturated carbocycles. The van der Waals surface area contributed by atoms with Gasteiger partial charge < -0.3 is 14.4 Å². The minimum Gasteiger partial charge on any atom is -0.493 e. The third kappa shape index (κ3) is 3.60. The number of aromatic nitrogens is 4. The van der Waals surface area contributed by atoms with Crippen molar-refractivity contribution in [2.45, 2.75) is 19.9 Å². The monoisotopic (exact) mass is 432 g/mol. The van der Waals surface area contributed by atoms with E-state index in [2.05, 4.69) is 61.7 Å². The molecule has 8 heteroatoms. The minimum atomic E-state index is 0.662. The first-order chi connectivity index (χ1) is 15.7. The lowest BCUT2D eigenvalue weighted by Crippen LogP contribution is -2.46. The standard InChI is InChI=1S/C24H28N6O2/c1-4-22-25-19-15-21(32-3)20(31-2)14-18(19)24-27-26-23(30(22)24)16-28-10-12-29(13-11-28)17-8-6-5-7-9-17/h5-9,14-15H,4,10-13,16H2,1-3H3. The number of ether oxygens (including phenoxy) is 2. The fourth-order valence-electron chi connectivity index (χ4n) is 4.43. The Hall–Kier alpha value is -3.39. The van der Waals surface area contributed by atoms with Gasteiger partial charge in [0.1, 0.15) is 5.82 Å². The molecule has 0 atom stereocenters. The average molecular weight is 433 g/mol. The second-order valence-electron chi connectivity index (χ2n) is 7.98. The molecular weight excluding hydrogens is 404 g/mol. The third-order valence-electron chi connectivity index (χ3n) is 6.16. The van der Waals surface area contributed by atoms with Gasteiger partial charge in [0, 0.05) is 49.7 Å². The van der Waals surface area contributed by atoms with Crippen LogP contribution < -0.4 is 14.4 Å². The number of hydrogen-bond donors (Lipinski definition) is 0. The van der Waals surface area contributed by atoms with E-state index in [1.54, 1.807) is 14.2 Å². The van der Waals surface area contributed by atoms with E-state index in [9.17, 15) is 0 Å². The van der Waals surface area contributed by atoms with Crippen molar-refractivity contribution >= 4 is 22.2 Å². The van der Waals surface area contributed by atoms with Gasteiger partial charge in [-0.05, 0) is 18.2 Å². The summed E-state index contributed by atoms with van der Waals surface area (Å²) in [5.41, 5.74) is 2.93. The normalized spacial score (nSPS) is 14.9. The highest BCUT2D eigenvalue weighted by atomic mass is 16.5. The van der Waals surface area contributed by atoms with Crippen molar-refractivity contribution in [1.29, 1.82) is 0 Å². The van der Waals surface area contributed by atoms with Crippen LogP contribution in [0.5, 0.6) is 11.5 Å². The van der Waals surface area contributed by atoms with Gasteiger partial charge in [-0.2, -0.15) is 0 Å². The van der Waals surface area contributed by atoms with E-state index in [0.717, 1.165) is 67.3 Å². The largest absolute Gasteiger partial charge is 0.493 e. The molecule has 0 unspecified atom stereocenters. The number of fused-ring (bicyclic) bond motifs is 3. The lowest BCUT2D eigenvalue weighted by molar-refractivity contribution is 0.243. The summed E-state index contributed by atoms with van der Waals surface area (Å²) in [6.07, 6.45) is 0.785. The Kier molecular flexibility index (Phi) is 5.53. The molecule has 1 aliphatic rings. The molecule has 0 N–H and O–H groups in total. The van der Waals surface area contributed by atoms with Crippen LogP contribution in [0.15, 0.2) is 42.5 Å². The Labute approximate surface area is 187 Å². The second kappa shape index (κ2) is 8.63. The Bertz CT molecular complexity index is 1230. The van der Waals surface area contributed by atoms with E-state index in [-0.39, 0.29) is 0 Å². The topological polar surface area (TPSA) is 68.0 Å². The lowest BCUT2D eigenvalue weighted by Gasteiger charge is -2.35. The smallest absolute Gasteiger partial charge is 0.171 e. The minimum absolute atomic E-state index is 0.662. The van der Waals surface area contributed by atoms with E-state index >= 15 is 0 Å². The molecule has 2 aromatic carbocycles. The number of rotatable bonds is 6. The molecular formula is C24H28N6O2. The summed E-state index contributed by atoms with van der Waals surface area (Å²) < 4.78 is 13.1. The molecule has 0 aliphatic carbocycles. The SMILES string of the molecule is CCc1nc2cc(OC)c(OC)cc2c2nnc(CN3CCN(c4ccccc4)CC3)n12. The van der Waals surface area contributed by atoms with Gasteiger partial charge >= 0.3 is 0 Å². The lowest BCUT2D eigenvalue weighted by atomic mass is 10.2. The molecule has 1 saturated heterocycles. The van der Waals surface area contributed by atoms with E-state index < -0.39 is 0 Å². The summed E-state index contributed by atoms with van der Waals surface area (Å²) >= 11 is 0. The zero-order valence-corrected chi connectivity index (χ0v) is 18.8. The second-order valence-corrected chi connectivity index (χ2v) is 7.98. The number of para-hydroxylation sites is 1. The number of nitrogens with zero attached hydrogens (tertiary/aromatic N) is 6. The molecule has 166 valence electrons. The van der Waals surface area contributed by atoms with Crippen LogP contribution >= 0.6 is 0 Å². The van der Waals surface area contributed by atoms with E-state index in [1.807, 2.05) is 12.1 Å². The maximum absolute atomic E-state index is 5.50. The van der Waals surface area contributed by atoms with Crippen molar-refractivity contribution < 1.29 is 9.47 Å². The highest BCUT2D eigenvalue weighted by Gasteiger charge is 2.21. The van der Waals surface area contributed by atoms with Gasteiger partial charge in [-0.3, -0.25) is 9.30 Å². The molecule has 8 nitrogen and oxygen atoms in total. The maximum Gasteiger partial charge on any atom is 0.171 e. The highest BCUT2D eigenvalue weighted by Crippen LogP contribution is 2.33. The van der Waals surface area contributed by atoms with Gasteiger partial charge in [-0.25, -0.2) is 4.98 Å². The Morgan fingerprint density at radius 3 is 2.28 bits per heavy atom. The number of anilines is 1. The first kappa shape index (κ1) is 20.5. The van der Waals surface area contributed by atoms with Crippen LogP contribution in [0.25, 0.3) is 16.6 Å². The number of methoxy groups -OCH3 is 2. The molecule has 0 amide bonds. The van der Waals surface area contributed by atoms with Gasteiger partial charge in [-0.15, -0.1) is 10.2 Å².